The molecule has 3 aliphatic rings. The summed E-state index contributed by atoms with van der Waals surface area (Å²) in [7, 11) is 0. The quantitative estimate of drug-likeness (QED) is 0.292. The summed E-state index contributed by atoms with van der Waals surface area (Å²) >= 11 is 0. The van der Waals surface area contributed by atoms with Crippen molar-refractivity contribution in [3.63, 3.8) is 0 Å². The molecule has 4 amide bonds. The van der Waals surface area contributed by atoms with Gasteiger partial charge in [0.25, 0.3) is 0 Å². The summed E-state index contributed by atoms with van der Waals surface area (Å²) in [6.07, 6.45) is 9.36. The maximum atomic E-state index is 13.4. The van der Waals surface area contributed by atoms with Crippen LogP contribution in [0.3, 0.4) is 0 Å². The fourth-order valence-electron chi connectivity index (χ4n) is 6.82. The number of hydrogen-bond donors (Lipinski definition) is 2. The van der Waals surface area contributed by atoms with Crippen LogP contribution in [0.15, 0.2) is 54.6 Å². The number of hydrogen-bond acceptors (Lipinski definition) is 5. The van der Waals surface area contributed by atoms with Crippen LogP contribution < -0.4 is 5.32 Å². The summed E-state index contributed by atoms with van der Waals surface area (Å²) in [5, 5.41) is 12.4. The van der Waals surface area contributed by atoms with Crippen molar-refractivity contribution >= 4 is 23.6 Å². The van der Waals surface area contributed by atoms with Crippen molar-refractivity contribution in [1.29, 1.82) is 0 Å². The summed E-state index contributed by atoms with van der Waals surface area (Å²) in [6.45, 7) is 2.50. The van der Waals surface area contributed by atoms with E-state index < -0.39 is 23.6 Å². The molecule has 9 nitrogen and oxygen atoms in total. The molecule has 1 saturated carbocycles. The molecule has 0 radical (unpaired) electrons. The van der Waals surface area contributed by atoms with E-state index in [0.717, 1.165) is 43.2 Å². The van der Waals surface area contributed by atoms with Crippen molar-refractivity contribution in [2.24, 2.45) is 5.92 Å². The minimum atomic E-state index is -0.510. The Labute approximate surface area is 254 Å². The van der Waals surface area contributed by atoms with Gasteiger partial charge in [0.15, 0.2) is 0 Å². The van der Waals surface area contributed by atoms with Gasteiger partial charge in [-0.15, -0.1) is 0 Å². The summed E-state index contributed by atoms with van der Waals surface area (Å²) in [5.74, 6) is -1.21. The van der Waals surface area contributed by atoms with Crippen molar-refractivity contribution in [1.82, 2.24) is 20.0 Å². The lowest BCUT2D eigenvalue weighted by Crippen LogP contribution is -2.60. The molecule has 2 saturated heterocycles. The average Bonchev–Trinajstić information content (AvgIpc) is 3.02. The third-order valence-corrected chi connectivity index (χ3v) is 9.28. The summed E-state index contributed by atoms with van der Waals surface area (Å²) < 4.78 is 0. The molecule has 2 atom stereocenters. The van der Waals surface area contributed by atoms with Crippen LogP contribution >= 0.6 is 0 Å². The summed E-state index contributed by atoms with van der Waals surface area (Å²) in [4.78, 5) is 56.7. The van der Waals surface area contributed by atoms with Gasteiger partial charge in [-0.3, -0.25) is 19.2 Å². The Morgan fingerprint density at radius 2 is 1.49 bits per heavy atom. The number of carbonyl (C=O) groups is 4. The molecule has 3 fully saturated rings. The van der Waals surface area contributed by atoms with Gasteiger partial charge in [-0.25, -0.2) is 0 Å². The Kier molecular flexibility index (Phi) is 10.3. The van der Waals surface area contributed by atoms with Crippen LogP contribution in [0.2, 0.25) is 0 Å². The van der Waals surface area contributed by atoms with Gasteiger partial charge in [-0.2, -0.15) is 0 Å². The molecule has 5 rings (SSSR count). The molecule has 43 heavy (non-hydrogen) atoms. The Morgan fingerprint density at radius 3 is 2.23 bits per heavy atom. The van der Waals surface area contributed by atoms with Gasteiger partial charge in [0.1, 0.15) is 5.75 Å². The van der Waals surface area contributed by atoms with Crippen molar-refractivity contribution in [3.8, 4) is 5.75 Å². The normalized spacial score (nSPS) is 21.8. The first kappa shape index (κ1) is 30.6. The molecule has 0 spiro atoms. The van der Waals surface area contributed by atoms with Crippen LogP contribution in [-0.4, -0.2) is 88.2 Å². The smallest absolute Gasteiger partial charge is 0.312 e. The fourth-order valence-corrected chi connectivity index (χ4v) is 6.82. The second-order valence-electron chi connectivity index (χ2n) is 12.3. The van der Waals surface area contributed by atoms with Gasteiger partial charge in [0.05, 0.1) is 6.04 Å². The second kappa shape index (κ2) is 14.5. The minimum absolute atomic E-state index is 0.0352. The minimum Gasteiger partial charge on any atom is -0.508 e. The molecule has 230 valence electrons. The van der Waals surface area contributed by atoms with Crippen LogP contribution in [0.1, 0.15) is 62.5 Å². The maximum absolute atomic E-state index is 13.4. The standard InChI is InChI=1S/C34H44N4O5/c39-30-16-14-25(15-17-30)18-20-37-29(21-26-9-3-1-4-10-26)24-36(33(42)34(37)43)19-8-7-13-28-22-35-31(40)32(41)38(28)23-27-11-5-2-6-12-27/h1,3-4,9-10,14-17,27-29,39H,2,5-8,11-13,18-24H2,(H,35,40)/t28-,29+/m1/s1. The number of nitrogens with zero attached hydrogens (tertiary/aromatic N) is 3. The van der Waals surface area contributed by atoms with Crippen LogP contribution in [0.5, 0.6) is 5.75 Å². The molecule has 9 heteroatoms. The van der Waals surface area contributed by atoms with E-state index in [1.165, 1.54) is 19.3 Å². The predicted molar refractivity (Wildman–Crippen MR) is 163 cm³/mol. The largest absolute Gasteiger partial charge is 0.508 e. The van der Waals surface area contributed by atoms with Gasteiger partial charge < -0.3 is 25.1 Å². The Hall–Kier alpha value is -3.88. The van der Waals surface area contributed by atoms with E-state index in [4.69, 9.17) is 0 Å². The van der Waals surface area contributed by atoms with Gasteiger partial charge in [0.2, 0.25) is 0 Å². The zero-order valence-corrected chi connectivity index (χ0v) is 25.0. The monoisotopic (exact) mass is 588 g/mol. The van der Waals surface area contributed by atoms with E-state index in [2.05, 4.69) is 5.32 Å². The highest BCUT2D eigenvalue weighted by Crippen LogP contribution is 2.27. The van der Waals surface area contributed by atoms with E-state index in [-0.39, 0.29) is 17.8 Å². The number of carbonyl (C=O) groups excluding carboxylic acids is 4. The molecule has 0 aromatic heterocycles. The molecule has 0 bridgehead atoms. The van der Waals surface area contributed by atoms with Crippen LogP contribution in [0.25, 0.3) is 0 Å². The Bertz CT molecular complexity index is 1260. The third-order valence-electron chi connectivity index (χ3n) is 9.28. The van der Waals surface area contributed by atoms with Crippen molar-refractivity contribution in [3.05, 3.63) is 65.7 Å². The average molecular weight is 589 g/mol. The molecule has 2 aromatic rings. The number of phenolic OH excluding ortho intramolecular Hbond substituents is 1. The molecular weight excluding hydrogens is 544 g/mol. The van der Waals surface area contributed by atoms with Crippen LogP contribution in [0, 0.1) is 5.92 Å². The van der Waals surface area contributed by atoms with Crippen LogP contribution in [-0.2, 0) is 32.0 Å². The number of unbranched alkanes of at least 4 members (excludes halogenated alkanes) is 1. The number of phenols is 1. The number of rotatable bonds is 12. The highest BCUT2D eigenvalue weighted by Gasteiger charge is 2.39. The molecular formula is C34H44N4O5. The van der Waals surface area contributed by atoms with Gasteiger partial charge in [-0.05, 0) is 74.1 Å². The lowest BCUT2D eigenvalue weighted by Gasteiger charge is -2.41. The molecule has 2 N–H and O–H groups in total. The first-order chi connectivity index (χ1) is 20.9. The van der Waals surface area contributed by atoms with E-state index in [1.807, 2.05) is 42.5 Å². The fraction of sp³-hybridized carbons (Fsp3) is 0.529. The second-order valence-corrected chi connectivity index (χ2v) is 12.3. The molecule has 2 aromatic carbocycles. The molecule has 2 heterocycles. The molecule has 0 unspecified atom stereocenters. The topological polar surface area (TPSA) is 110 Å². The van der Waals surface area contributed by atoms with Gasteiger partial charge >= 0.3 is 23.6 Å². The van der Waals surface area contributed by atoms with Gasteiger partial charge in [0, 0.05) is 38.8 Å². The zero-order valence-electron chi connectivity index (χ0n) is 25.0. The van der Waals surface area contributed by atoms with Crippen LogP contribution in [0.4, 0.5) is 0 Å². The number of piperazine rings is 2. The maximum Gasteiger partial charge on any atom is 0.312 e. The highest BCUT2D eigenvalue weighted by molar-refractivity contribution is 6.36. The van der Waals surface area contributed by atoms with Crippen molar-refractivity contribution < 1.29 is 24.3 Å². The van der Waals surface area contributed by atoms with E-state index in [9.17, 15) is 24.3 Å². The zero-order chi connectivity index (χ0) is 30.2. The third kappa shape index (κ3) is 7.94. The summed E-state index contributed by atoms with van der Waals surface area (Å²) in [5.41, 5.74) is 2.11. The highest BCUT2D eigenvalue weighted by atomic mass is 16.3. The van der Waals surface area contributed by atoms with Crippen molar-refractivity contribution in [2.75, 3.05) is 32.7 Å². The van der Waals surface area contributed by atoms with E-state index >= 15 is 0 Å². The Balaban J connectivity index is 1.18. The number of aromatic hydroxyl groups is 1. The van der Waals surface area contributed by atoms with Crippen molar-refractivity contribution in [2.45, 2.75) is 76.3 Å². The molecule has 1 aliphatic carbocycles. The first-order valence-electron chi connectivity index (χ1n) is 15.9. The molecule has 2 aliphatic heterocycles. The Morgan fingerprint density at radius 1 is 0.744 bits per heavy atom. The van der Waals surface area contributed by atoms with Gasteiger partial charge in [-0.1, -0.05) is 61.7 Å². The van der Waals surface area contributed by atoms with E-state index in [0.29, 0.717) is 51.5 Å². The number of nitrogens with one attached hydrogen (secondary N) is 1. The van der Waals surface area contributed by atoms with E-state index in [1.54, 1.807) is 26.8 Å². The SMILES string of the molecule is O=C1NC[C@@H](CCCCN2C[C@H](Cc3ccccc3)N(CCc3ccc(O)cc3)C(=O)C2=O)N(CC2CCCCC2)C1=O. The lowest BCUT2D eigenvalue weighted by atomic mass is 9.88. The predicted octanol–water partition coefficient (Wildman–Crippen LogP) is 3.29. The summed E-state index contributed by atoms with van der Waals surface area (Å²) in [6, 6.07) is 16.8. The number of benzene rings is 2. The lowest BCUT2D eigenvalue weighted by molar-refractivity contribution is -0.159. The first-order valence-corrected chi connectivity index (χ1v) is 15.9. The number of amides is 4.